The summed E-state index contributed by atoms with van der Waals surface area (Å²) in [5.41, 5.74) is 0.893. The fourth-order valence-corrected chi connectivity index (χ4v) is 2.71. The number of oxazole rings is 1. The second-order valence-corrected chi connectivity index (χ2v) is 5.97. The van der Waals surface area contributed by atoms with E-state index in [4.69, 9.17) is 44.0 Å². The number of nitrogens with zero attached hydrogens (tertiary/aromatic N) is 1. The van der Waals surface area contributed by atoms with Crippen LogP contribution in [0.4, 0.5) is 0 Å². The van der Waals surface area contributed by atoms with Crippen molar-refractivity contribution in [2.45, 2.75) is 6.61 Å². The normalized spacial score (nSPS) is 10.6. The summed E-state index contributed by atoms with van der Waals surface area (Å²) in [5, 5.41) is 0.425. The van der Waals surface area contributed by atoms with Crippen LogP contribution in [0.5, 0.6) is 0 Å². The van der Waals surface area contributed by atoms with Gasteiger partial charge in [0.15, 0.2) is 12.4 Å². The molecule has 0 bridgehead atoms. The number of rotatable bonds is 4. The number of benzene rings is 2. The van der Waals surface area contributed by atoms with Crippen molar-refractivity contribution in [3.8, 4) is 11.3 Å². The molecule has 7 heteroatoms. The number of carbonyl (C=O) groups excluding carboxylic acids is 1. The van der Waals surface area contributed by atoms with E-state index in [9.17, 15) is 4.79 Å². The molecule has 4 nitrogen and oxygen atoms in total. The maximum atomic E-state index is 12.2. The minimum atomic E-state index is -0.702. The van der Waals surface area contributed by atoms with Crippen molar-refractivity contribution >= 4 is 40.8 Å². The molecule has 3 aromatic rings. The molecule has 0 unspecified atom stereocenters. The van der Waals surface area contributed by atoms with Gasteiger partial charge in [-0.15, -0.1) is 0 Å². The zero-order valence-electron chi connectivity index (χ0n) is 12.1. The molecule has 0 saturated heterocycles. The number of aromatic nitrogens is 1. The number of hydrogen-bond acceptors (Lipinski definition) is 4. The van der Waals surface area contributed by atoms with Crippen LogP contribution in [-0.2, 0) is 11.3 Å². The SMILES string of the molecule is O=C(OCc1ncc(-c2ccccc2)o1)c1c(Cl)ccc(Cl)c1Cl. The largest absolute Gasteiger partial charge is 0.452 e. The first-order chi connectivity index (χ1) is 11.6. The van der Waals surface area contributed by atoms with Gasteiger partial charge in [-0.1, -0.05) is 65.1 Å². The van der Waals surface area contributed by atoms with E-state index in [1.165, 1.54) is 12.1 Å². The minimum Gasteiger partial charge on any atom is -0.452 e. The Balaban J connectivity index is 1.72. The molecule has 0 fully saturated rings. The van der Waals surface area contributed by atoms with Crippen molar-refractivity contribution in [3.05, 3.63) is 75.2 Å². The van der Waals surface area contributed by atoms with Gasteiger partial charge in [0.1, 0.15) is 0 Å². The summed E-state index contributed by atoms with van der Waals surface area (Å²) in [7, 11) is 0. The molecular formula is C17H10Cl3NO3. The molecule has 0 spiro atoms. The van der Waals surface area contributed by atoms with E-state index < -0.39 is 5.97 Å². The molecule has 24 heavy (non-hydrogen) atoms. The molecule has 122 valence electrons. The zero-order valence-corrected chi connectivity index (χ0v) is 14.4. The predicted molar refractivity (Wildman–Crippen MR) is 92.5 cm³/mol. The highest BCUT2D eigenvalue weighted by Crippen LogP contribution is 2.32. The van der Waals surface area contributed by atoms with Gasteiger partial charge in [0, 0.05) is 5.56 Å². The highest BCUT2D eigenvalue weighted by Gasteiger charge is 2.19. The first-order valence-electron chi connectivity index (χ1n) is 6.87. The number of hydrogen-bond donors (Lipinski definition) is 0. The fraction of sp³-hybridized carbons (Fsp3) is 0.0588. The summed E-state index contributed by atoms with van der Waals surface area (Å²) < 4.78 is 10.7. The van der Waals surface area contributed by atoms with Gasteiger partial charge >= 0.3 is 5.97 Å². The van der Waals surface area contributed by atoms with Crippen molar-refractivity contribution < 1.29 is 13.9 Å². The lowest BCUT2D eigenvalue weighted by Crippen LogP contribution is -2.07. The van der Waals surface area contributed by atoms with Gasteiger partial charge in [0.25, 0.3) is 0 Å². The van der Waals surface area contributed by atoms with Gasteiger partial charge in [0.2, 0.25) is 5.89 Å². The number of esters is 1. The van der Waals surface area contributed by atoms with E-state index in [2.05, 4.69) is 4.98 Å². The van der Waals surface area contributed by atoms with Crippen LogP contribution >= 0.6 is 34.8 Å². The number of ether oxygens (including phenoxy) is 1. The van der Waals surface area contributed by atoms with Crippen LogP contribution in [0.15, 0.2) is 53.1 Å². The molecule has 0 N–H and O–H groups in total. The quantitative estimate of drug-likeness (QED) is 0.431. The van der Waals surface area contributed by atoms with Gasteiger partial charge < -0.3 is 9.15 Å². The molecule has 1 aromatic heterocycles. The second-order valence-electron chi connectivity index (χ2n) is 4.78. The van der Waals surface area contributed by atoms with Crippen LogP contribution in [0.3, 0.4) is 0 Å². The summed E-state index contributed by atoms with van der Waals surface area (Å²) in [5.74, 6) is 0.143. The molecule has 0 aliphatic carbocycles. The Morgan fingerprint density at radius 2 is 1.75 bits per heavy atom. The number of carbonyl (C=O) groups is 1. The smallest absolute Gasteiger partial charge is 0.341 e. The highest BCUT2D eigenvalue weighted by molar-refractivity contribution is 6.46. The third-order valence-corrected chi connectivity index (χ3v) is 4.31. The van der Waals surface area contributed by atoms with E-state index in [0.717, 1.165) is 5.56 Å². The van der Waals surface area contributed by atoms with Crippen molar-refractivity contribution in [3.63, 3.8) is 0 Å². The van der Waals surface area contributed by atoms with E-state index in [-0.39, 0.29) is 33.1 Å². The van der Waals surface area contributed by atoms with Crippen LogP contribution in [0.25, 0.3) is 11.3 Å². The second kappa shape index (κ2) is 7.26. The van der Waals surface area contributed by atoms with Crippen LogP contribution in [0.1, 0.15) is 16.2 Å². The van der Waals surface area contributed by atoms with E-state index in [1.807, 2.05) is 30.3 Å². The van der Waals surface area contributed by atoms with Crippen molar-refractivity contribution in [2.75, 3.05) is 0 Å². The monoisotopic (exact) mass is 381 g/mol. The topological polar surface area (TPSA) is 52.3 Å². The lowest BCUT2D eigenvalue weighted by atomic mass is 10.2. The fourth-order valence-electron chi connectivity index (χ4n) is 2.03. The van der Waals surface area contributed by atoms with Crippen molar-refractivity contribution in [1.82, 2.24) is 4.98 Å². The molecule has 2 aromatic carbocycles. The van der Waals surface area contributed by atoms with E-state index in [1.54, 1.807) is 6.20 Å². The zero-order chi connectivity index (χ0) is 17.1. The Kier molecular flexibility index (Phi) is 5.09. The average molecular weight is 383 g/mol. The average Bonchev–Trinajstić information content (AvgIpc) is 3.06. The molecule has 1 heterocycles. The van der Waals surface area contributed by atoms with E-state index in [0.29, 0.717) is 5.76 Å². The van der Waals surface area contributed by atoms with E-state index >= 15 is 0 Å². The van der Waals surface area contributed by atoms with Gasteiger partial charge in [-0.2, -0.15) is 0 Å². The third-order valence-electron chi connectivity index (χ3n) is 3.19. The lowest BCUT2D eigenvalue weighted by Gasteiger charge is -2.07. The maximum Gasteiger partial charge on any atom is 0.341 e. The third kappa shape index (κ3) is 3.56. The number of halogens is 3. The van der Waals surface area contributed by atoms with Gasteiger partial charge in [-0.3, -0.25) is 0 Å². The maximum absolute atomic E-state index is 12.2. The summed E-state index contributed by atoms with van der Waals surface area (Å²) in [6, 6.07) is 12.4. The molecule has 0 atom stereocenters. The Hall–Kier alpha value is -2.01. The molecular weight excluding hydrogens is 373 g/mol. The van der Waals surface area contributed by atoms with Crippen molar-refractivity contribution in [1.29, 1.82) is 0 Å². The summed E-state index contributed by atoms with van der Waals surface area (Å²) in [6.07, 6.45) is 1.57. The Bertz CT molecular complexity index is 878. The summed E-state index contributed by atoms with van der Waals surface area (Å²) >= 11 is 17.9. The van der Waals surface area contributed by atoms with Gasteiger partial charge in [-0.25, -0.2) is 9.78 Å². The van der Waals surface area contributed by atoms with Crippen molar-refractivity contribution in [2.24, 2.45) is 0 Å². The Morgan fingerprint density at radius 3 is 2.50 bits per heavy atom. The summed E-state index contributed by atoms with van der Waals surface area (Å²) in [6.45, 7) is -0.148. The van der Waals surface area contributed by atoms with Gasteiger partial charge in [-0.05, 0) is 12.1 Å². The minimum absolute atomic E-state index is 0.0145. The van der Waals surface area contributed by atoms with Crippen LogP contribution in [-0.4, -0.2) is 11.0 Å². The first kappa shape index (κ1) is 16.8. The molecule has 0 aliphatic rings. The predicted octanol–water partition coefficient (Wildman–Crippen LogP) is 5.66. The van der Waals surface area contributed by atoms with Crippen LogP contribution in [0, 0.1) is 0 Å². The standard InChI is InChI=1S/C17H10Cl3NO3/c18-11-6-7-12(19)16(20)15(11)17(22)23-9-14-21-8-13(24-14)10-4-2-1-3-5-10/h1-8H,9H2. The first-order valence-corrected chi connectivity index (χ1v) is 8.00. The highest BCUT2D eigenvalue weighted by atomic mass is 35.5. The summed E-state index contributed by atoms with van der Waals surface area (Å²) in [4.78, 5) is 16.3. The lowest BCUT2D eigenvalue weighted by molar-refractivity contribution is 0.0439. The van der Waals surface area contributed by atoms with Crippen LogP contribution in [0.2, 0.25) is 15.1 Å². The molecule has 0 aliphatic heterocycles. The molecule has 0 saturated carbocycles. The molecule has 0 amide bonds. The molecule has 3 rings (SSSR count). The molecule has 0 radical (unpaired) electrons. The Labute approximate surface area is 152 Å². The van der Waals surface area contributed by atoms with Crippen LogP contribution < -0.4 is 0 Å². The van der Waals surface area contributed by atoms with Gasteiger partial charge in [0.05, 0.1) is 26.8 Å². The Morgan fingerprint density at radius 1 is 1.04 bits per heavy atom.